The van der Waals surface area contributed by atoms with E-state index in [1.54, 1.807) is 23.2 Å². The molecule has 0 aliphatic rings. The molecule has 0 bridgehead atoms. The van der Waals surface area contributed by atoms with E-state index in [9.17, 15) is 4.79 Å². The van der Waals surface area contributed by atoms with Gasteiger partial charge in [0.05, 0.1) is 5.56 Å². The molecule has 1 heterocycles. The zero-order valence-corrected chi connectivity index (χ0v) is 15.6. The minimum absolute atomic E-state index is 0. The lowest BCUT2D eigenvalue weighted by atomic mass is 10.0. The predicted molar refractivity (Wildman–Crippen MR) is 107 cm³/mol. The van der Waals surface area contributed by atoms with Gasteiger partial charge < -0.3 is 16.4 Å². The number of rotatable bonds is 6. The van der Waals surface area contributed by atoms with E-state index < -0.39 is 0 Å². The van der Waals surface area contributed by atoms with E-state index in [1.807, 2.05) is 44.2 Å². The molecule has 4 N–H and O–H groups in total. The number of nitrogens with zero attached hydrogens (tertiary/aromatic N) is 4. The van der Waals surface area contributed by atoms with Crippen molar-refractivity contribution in [3.63, 3.8) is 0 Å². The molecule has 2 aromatic rings. The SMILES string of the molecule is CCN(CC)C(=O)c1cccnc1/C(=N\N=C(N)N)c1ccccc1.Cl. The van der Waals surface area contributed by atoms with Crippen LogP contribution in [-0.4, -0.2) is 40.6 Å². The maximum absolute atomic E-state index is 12.8. The van der Waals surface area contributed by atoms with Crippen LogP contribution in [0.25, 0.3) is 0 Å². The van der Waals surface area contributed by atoms with Crippen LogP contribution in [-0.2, 0) is 0 Å². The topological polar surface area (TPSA) is 110 Å². The van der Waals surface area contributed by atoms with Crippen molar-refractivity contribution in [2.45, 2.75) is 13.8 Å². The monoisotopic (exact) mass is 374 g/mol. The maximum atomic E-state index is 12.8. The third kappa shape index (κ3) is 5.03. The lowest BCUT2D eigenvalue weighted by molar-refractivity contribution is 0.0772. The van der Waals surface area contributed by atoms with Crippen molar-refractivity contribution in [2.24, 2.45) is 21.7 Å². The average molecular weight is 375 g/mol. The van der Waals surface area contributed by atoms with E-state index >= 15 is 0 Å². The summed E-state index contributed by atoms with van der Waals surface area (Å²) in [5.74, 6) is -0.276. The third-order valence-electron chi connectivity index (χ3n) is 3.63. The molecule has 0 atom stereocenters. The van der Waals surface area contributed by atoms with Crippen LogP contribution in [0.2, 0.25) is 0 Å². The van der Waals surface area contributed by atoms with Crippen LogP contribution >= 0.6 is 12.4 Å². The standard InChI is InChI=1S/C18H22N6O.ClH/c1-3-24(4-2)17(25)14-11-8-12-21-16(14)15(22-23-18(19)20)13-9-6-5-7-10-13;/h5-12H,3-4H2,1-2H3,(H4,19,20,23);1H/b22-15-;. The van der Waals surface area contributed by atoms with Gasteiger partial charge in [-0.1, -0.05) is 30.3 Å². The highest BCUT2D eigenvalue weighted by Crippen LogP contribution is 2.16. The molecular weight excluding hydrogens is 352 g/mol. The van der Waals surface area contributed by atoms with Crippen molar-refractivity contribution in [1.82, 2.24) is 9.88 Å². The molecule has 0 aliphatic heterocycles. The van der Waals surface area contributed by atoms with Crippen LogP contribution < -0.4 is 11.5 Å². The molecule has 8 heteroatoms. The molecule has 138 valence electrons. The van der Waals surface area contributed by atoms with Crippen molar-refractivity contribution in [2.75, 3.05) is 13.1 Å². The number of carbonyl (C=O) groups is 1. The second-order valence-electron chi connectivity index (χ2n) is 5.22. The first-order valence-corrected chi connectivity index (χ1v) is 8.05. The Balaban J connectivity index is 0.00000338. The number of carbonyl (C=O) groups excluding carboxylic acids is 1. The molecule has 0 aliphatic carbocycles. The fraction of sp³-hybridized carbons (Fsp3) is 0.222. The Morgan fingerprint density at radius 2 is 1.69 bits per heavy atom. The van der Waals surface area contributed by atoms with Crippen LogP contribution in [0, 0.1) is 0 Å². The predicted octanol–water partition coefficient (Wildman–Crippen LogP) is 2.01. The fourth-order valence-electron chi connectivity index (χ4n) is 2.39. The van der Waals surface area contributed by atoms with Gasteiger partial charge in [-0.2, -0.15) is 0 Å². The van der Waals surface area contributed by atoms with Gasteiger partial charge in [-0.05, 0) is 26.0 Å². The number of guanidine groups is 1. The first-order chi connectivity index (χ1) is 12.1. The highest BCUT2D eigenvalue weighted by Gasteiger charge is 2.21. The minimum Gasteiger partial charge on any atom is -0.369 e. The summed E-state index contributed by atoms with van der Waals surface area (Å²) >= 11 is 0. The van der Waals surface area contributed by atoms with Gasteiger partial charge >= 0.3 is 0 Å². The number of aromatic nitrogens is 1. The molecule has 1 amide bonds. The van der Waals surface area contributed by atoms with Gasteiger partial charge in [-0.15, -0.1) is 22.6 Å². The van der Waals surface area contributed by atoms with Crippen LogP contribution in [0.3, 0.4) is 0 Å². The normalized spacial score (nSPS) is 10.6. The van der Waals surface area contributed by atoms with E-state index in [-0.39, 0.29) is 24.3 Å². The Bertz CT molecular complexity index is 783. The molecule has 0 saturated heterocycles. The molecule has 1 aromatic heterocycles. The Labute approximate surface area is 159 Å². The summed E-state index contributed by atoms with van der Waals surface area (Å²) < 4.78 is 0. The number of benzene rings is 1. The summed E-state index contributed by atoms with van der Waals surface area (Å²) in [7, 11) is 0. The van der Waals surface area contributed by atoms with E-state index in [4.69, 9.17) is 11.5 Å². The highest BCUT2D eigenvalue weighted by atomic mass is 35.5. The van der Waals surface area contributed by atoms with Crippen LogP contribution in [0.4, 0.5) is 0 Å². The zero-order valence-electron chi connectivity index (χ0n) is 14.8. The van der Waals surface area contributed by atoms with Gasteiger partial charge in [-0.3, -0.25) is 9.78 Å². The number of hydrogen-bond donors (Lipinski definition) is 2. The molecule has 26 heavy (non-hydrogen) atoms. The van der Waals surface area contributed by atoms with Crippen molar-refractivity contribution >= 4 is 30.0 Å². The molecule has 0 unspecified atom stereocenters. The van der Waals surface area contributed by atoms with Crippen LogP contribution in [0.15, 0.2) is 58.9 Å². The molecule has 2 rings (SSSR count). The first-order valence-electron chi connectivity index (χ1n) is 8.05. The van der Waals surface area contributed by atoms with Gasteiger partial charge in [0.1, 0.15) is 11.4 Å². The lowest BCUT2D eigenvalue weighted by Gasteiger charge is -2.20. The molecular formula is C18H23ClN6O. The number of hydrogen-bond acceptors (Lipinski definition) is 4. The van der Waals surface area contributed by atoms with E-state index in [0.29, 0.717) is 30.1 Å². The molecule has 0 radical (unpaired) electrons. The fourth-order valence-corrected chi connectivity index (χ4v) is 2.39. The summed E-state index contributed by atoms with van der Waals surface area (Å²) in [6.45, 7) is 5.08. The summed E-state index contributed by atoms with van der Waals surface area (Å²) in [5, 5.41) is 7.90. The van der Waals surface area contributed by atoms with Gasteiger partial charge in [-0.25, -0.2) is 0 Å². The van der Waals surface area contributed by atoms with Crippen molar-refractivity contribution in [3.8, 4) is 0 Å². The second kappa shape index (κ2) is 10.1. The highest BCUT2D eigenvalue weighted by molar-refractivity contribution is 6.17. The average Bonchev–Trinajstić information content (AvgIpc) is 2.64. The van der Waals surface area contributed by atoms with Gasteiger partial charge in [0, 0.05) is 24.8 Å². The number of amides is 1. The van der Waals surface area contributed by atoms with Gasteiger partial charge in [0.2, 0.25) is 5.96 Å². The lowest BCUT2D eigenvalue weighted by Crippen LogP contribution is -2.32. The van der Waals surface area contributed by atoms with Crippen LogP contribution in [0.1, 0.15) is 35.5 Å². The van der Waals surface area contributed by atoms with E-state index in [2.05, 4.69) is 15.2 Å². The molecule has 7 nitrogen and oxygen atoms in total. The van der Waals surface area contributed by atoms with Crippen molar-refractivity contribution in [3.05, 3.63) is 65.5 Å². The largest absolute Gasteiger partial charge is 0.369 e. The Morgan fingerprint density at radius 1 is 1.04 bits per heavy atom. The summed E-state index contributed by atoms with van der Waals surface area (Å²) in [6, 6.07) is 12.8. The Morgan fingerprint density at radius 3 is 2.27 bits per heavy atom. The smallest absolute Gasteiger partial charge is 0.256 e. The Hall–Kier alpha value is -2.93. The van der Waals surface area contributed by atoms with Crippen LogP contribution in [0.5, 0.6) is 0 Å². The molecule has 1 aromatic carbocycles. The van der Waals surface area contributed by atoms with E-state index in [1.165, 1.54) is 0 Å². The summed E-state index contributed by atoms with van der Waals surface area (Å²) in [4.78, 5) is 18.9. The molecule has 0 spiro atoms. The van der Waals surface area contributed by atoms with Crippen molar-refractivity contribution < 1.29 is 4.79 Å². The summed E-state index contributed by atoms with van der Waals surface area (Å²) in [6.07, 6.45) is 1.61. The first kappa shape index (κ1) is 21.1. The number of halogens is 1. The third-order valence-corrected chi connectivity index (χ3v) is 3.63. The summed E-state index contributed by atoms with van der Waals surface area (Å²) in [5.41, 5.74) is 12.9. The second-order valence-corrected chi connectivity index (χ2v) is 5.22. The van der Waals surface area contributed by atoms with Crippen molar-refractivity contribution in [1.29, 1.82) is 0 Å². The zero-order chi connectivity index (χ0) is 18.2. The number of nitrogens with two attached hydrogens (primary N) is 2. The minimum atomic E-state index is -0.166. The van der Waals surface area contributed by atoms with E-state index in [0.717, 1.165) is 5.56 Å². The maximum Gasteiger partial charge on any atom is 0.256 e. The quantitative estimate of drug-likeness (QED) is 0.457. The Kier molecular flexibility index (Phi) is 8.24. The molecule has 0 fully saturated rings. The van der Waals surface area contributed by atoms with Gasteiger partial charge in [0.25, 0.3) is 5.91 Å². The number of pyridine rings is 1. The van der Waals surface area contributed by atoms with Gasteiger partial charge in [0.15, 0.2) is 0 Å². The molecule has 0 saturated carbocycles.